The average Bonchev–Trinajstić information content (AvgIpc) is 2.66. The highest BCUT2D eigenvalue weighted by Crippen LogP contribution is 2.29. The molecule has 0 fully saturated rings. The number of ether oxygens (including phenoxy) is 1. The van der Waals surface area contributed by atoms with Gasteiger partial charge in [-0.15, -0.1) is 0 Å². The van der Waals surface area contributed by atoms with Crippen LogP contribution < -0.4 is 10.1 Å². The number of nitrogens with one attached hydrogen (secondary N) is 1. The Morgan fingerprint density at radius 2 is 1.81 bits per heavy atom. The number of non-ortho nitro benzene ring substituents is 1. The van der Waals surface area contributed by atoms with Crippen LogP contribution in [0.5, 0.6) is 5.75 Å². The largest absolute Gasteiger partial charge is 0.496 e. The quantitative estimate of drug-likeness (QED) is 0.356. The summed E-state index contributed by atoms with van der Waals surface area (Å²) in [7, 11) is 1.35. The van der Waals surface area contributed by atoms with Crippen LogP contribution in [-0.2, 0) is 4.79 Å². The lowest BCUT2D eigenvalue weighted by molar-refractivity contribution is -0.384. The average molecular weight is 368 g/mol. The third-order valence-electron chi connectivity index (χ3n) is 3.43. The number of benzene rings is 2. The summed E-state index contributed by atoms with van der Waals surface area (Å²) in [5.41, 5.74) is -0.569. The van der Waals surface area contributed by atoms with Crippen molar-refractivity contribution in [2.45, 2.75) is 0 Å². The first-order valence-electron chi connectivity index (χ1n) is 7.35. The van der Waals surface area contributed by atoms with Gasteiger partial charge in [0.25, 0.3) is 17.3 Å². The number of hydrogen-bond acceptors (Lipinski definition) is 7. The number of rotatable bonds is 6. The van der Waals surface area contributed by atoms with E-state index < -0.39 is 21.4 Å². The molecule has 0 aliphatic rings. The molecule has 2 aromatic carbocycles. The summed E-state index contributed by atoms with van der Waals surface area (Å²) in [5, 5.41) is 33.3. The Kier molecular flexibility index (Phi) is 5.80. The first kappa shape index (κ1) is 19.1. The molecule has 0 saturated heterocycles. The number of methoxy groups -OCH3 is 1. The van der Waals surface area contributed by atoms with Gasteiger partial charge in [-0.05, 0) is 35.9 Å². The highest BCUT2D eigenvalue weighted by molar-refractivity contribution is 6.10. The van der Waals surface area contributed by atoms with Crippen molar-refractivity contribution in [3.63, 3.8) is 0 Å². The lowest BCUT2D eigenvalue weighted by Crippen LogP contribution is -2.14. The highest BCUT2D eigenvalue weighted by atomic mass is 16.6. The van der Waals surface area contributed by atoms with Crippen molar-refractivity contribution in [2.75, 3.05) is 12.4 Å². The van der Waals surface area contributed by atoms with Crippen molar-refractivity contribution in [3.05, 3.63) is 73.8 Å². The molecule has 27 heavy (non-hydrogen) atoms. The molecule has 10 heteroatoms. The molecule has 0 aromatic heterocycles. The number of hydrogen-bond donors (Lipinski definition) is 1. The fourth-order valence-corrected chi connectivity index (χ4v) is 2.09. The Hall–Kier alpha value is -4.26. The van der Waals surface area contributed by atoms with Crippen LogP contribution in [0.2, 0.25) is 0 Å². The number of nitro groups is 2. The van der Waals surface area contributed by atoms with Gasteiger partial charge in [0.15, 0.2) is 0 Å². The van der Waals surface area contributed by atoms with Gasteiger partial charge in [0, 0.05) is 12.1 Å². The zero-order valence-corrected chi connectivity index (χ0v) is 13.9. The van der Waals surface area contributed by atoms with Crippen molar-refractivity contribution in [1.29, 1.82) is 5.26 Å². The number of carbonyl (C=O) groups is 1. The normalized spacial score (nSPS) is 10.6. The number of nitro benzene ring substituents is 2. The first-order chi connectivity index (χ1) is 12.8. The Balaban J connectivity index is 2.29. The van der Waals surface area contributed by atoms with Crippen molar-refractivity contribution in [3.8, 4) is 11.8 Å². The Morgan fingerprint density at radius 3 is 2.33 bits per heavy atom. The zero-order valence-electron chi connectivity index (χ0n) is 13.9. The van der Waals surface area contributed by atoms with E-state index in [1.807, 2.05) is 0 Å². The van der Waals surface area contributed by atoms with Gasteiger partial charge in [-0.25, -0.2) is 0 Å². The second-order valence-corrected chi connectivity index (χ2v) is 5.11. The maximum atomic E-state index is 12.3. The van der Waals surface area contributed by atoms with E-state index in [-0.39, 0.29) is 22.7 Å². The number of nitriles is 1. The summed E-state index contributed by atoms with van der Waals surface area (Å²) < 4.78 is 4.91. The van der Waals surface area contributed by atoms with Gasteiger partial charge < -0.3 is 10.1 Å². The summed E-state index contributed by atoms with van der Waals surface area (Å²) >= 11 is 0. The van der Waals surface area contributed by atoms with Crippen LogP contribution >= 0.6 is 0 Å². The van der Waals surface area contributed by atoms with E-state index in [4.69, 9.17) is 4.74 Å². The van der Waals surface area contributed by atoms with Gasteiger partial charge >= 0.3 is 0 Å². The summed E-state index contributed by atoms with van der Waals surface area (Å²) in [4.78, 5) is 32.8. The van der Waals surface area contributed by atoms with Gasteiger partial charge in [0.05, 0.1) is 23.0 Å². The van der Waals surface area contributed by atoms with Gasteiger partial charge in [0.1, 0.15) is 23.1 Å². The molecule has 0 bridgehead atoms. The van der Waals surface area contributed by atoms with Gasteiger partial charge in [-0.3, -0.25) is 25.0 Å². The second kappa shape index (κ2) is 8.21. The smallest absolute Gasteiger partial charge is 0.296 e. The van der Waals surface area contributed by atoms with E-state index in [1.165, 1.54) is 49.6 Å². The van der Waals surface area contributed by atoms with Crippen molar-refractivity contribution >= 4 is 29.0 Å². The van der Waals surface area contributed by atoms with Crippen LogP contribution in [0.15, 0.2) is 48.0 Å². The number of carbonyl (C=O) groups excluding carboxylic acids is 1. The van der Waals surface area contributed by atoms with E-state index in [1.54, 1.807) is 6.07 Å². The standard InChI is InChI=1S/C17H12N4O6/c1-27-14-6-7-15(16(9-14)21(25)26)19-17(22)12(10-18)8-11-2-4-13(5-3-11)20(23)24/h2-9H,1H3,(H,19,22)/b12-8+. The molecule has 0 spiro atoms. The van der Waals surface area contributed by atoms with E-state index in [2.05, 4.69) is 5.32 Å². The van der Waals surface area contributed by atoms with Crippen molar-refractivity contribution < 1.29 is 19.4 Å². The minimum absolute atomic E-state index is 0.101. The number of amides is 1. The first-order valence-corrected chi connectivity index (χ1v) is 7.35. The third-order valence-corrected chi connectivity index (χ3v) is 3.43. The Bertz CT molecular complexity index is 976. The second-order valence-electron chi connectivity index (χ2n) is 5.11. The summed E-state index contributed by atoms with van der Waals surface area (Å²) in [6.45, 7) is 0. The summed E-state index contributed by atoms with van der Waals surface area (Å²) in [5.74, 6) is -0.620. The molecule has 0 radical (unpaired) electrons. The van der Waals surface area contributed by atoms with E-state index >= 15 is 0 Å². The van der Waals surface area contributed by atoms with Crippen LogP contribution in [0.25, 0.3) is 6.08 Å². The maximum Gasteiger partial charge on any atom is 0.296 e. The molecule has 0 unspecified atom stereocenters. The molecule has 10 nitrogen and oxygen atoms in total. The fourth-order valence-electron chi connectivity index (χ4n) is 2.09. The molecule has 2 aromatic rings. The van der Waals surface area contributed by atoms with Crippen LogP contribution in [0, 0.1) is 31.6 Å². The van der Waals surface area contributed by atoms with Crippen molar-refractivity contribution in [1.82, 2.24) is 0 Å². The molecule has 2 rings (SSSR count). The number of nitrogens with zero attached hydrogens (tertiary/aromatic N) is 3. The monoisotopic (exact) mass is 368 g/mol. The van der Waals surface area contributed by atoms with Gasteiger partial charge in [-0.1, -0.05) is 0 Å². The lowest BCUT2D eigenvalue weighted by atomic mass is 10.1. The molecule has 1 N–H and O–H groups in total. The Morgan fingerprint density at radius 1 is 1.15 bits per heavy atom. The van der Waals surface area contributed by atoms with Crippen LogP contribution in [0.1, 0.15) is 5.56 Å². The SMILES string of the molecule is COc1ccc(NC(=O)/C(C#N)=C/c2ccc([N+](=O)[O-])cc2)c([N+](=O)[O-])c1. The lowest BCUT2D eigenvalue weighted by Gasteiger charge is -2.07. The predicted molar refractivity (Wildman–Crippen MR) is 95.0 cm³/mol. The third kappa shape index (κ3) is 4.64. The summed E-state index contributed by atoms with van der Waals surface area (Å²) in [6, 6.07) is 10.8. The molecular weight excluding hydrogens is 356 g/mol. The number of anilines is 1. The highest BCUT2D eigenvalue weighted by Gasteiger charge is 2.19. The zero-order chi connectivity index (χ0) is 20.0. The van der Waals surface area contributed by atoms with Crippen LogP contribution in [0.4, 0.5) is 17.1 Å². The maximum absolute atomic E-state index is 12.3. The molecule has 0 aliphatic heterocycles. The van der Waals surface area contributed by atoms with Crippen LogP contribution in [0.3, 0.4) is 0 Å². The summed E-state index contributed by atoms with van der Waals surface area (Å²) in [6.07, 6.45) is 1.22. The predicted octanol–water partition coefficient (Wildman–Crippen LogP) is 3.06. The van der Waals surface area contributed by atoms with Crippen molar-refractivity contribution in [2.24, 2.45) is 0 Å². The van der Waals surface area contributed by atoms with E-state index in [0.717, 1.165) is 6.07 Å². The molecule has 0 aliphatic carbocycles. The molecule has 0 saturated carbocycles. The molecule has 0 atom stereocenters. The Labute approximate surface area is 152 Å². The molecule has 1 amide bonds. The minimum atomic E-state index is -0.857. The van der Waals surface area contributed by atoms with Gasteiger partial charge in [-0.2, -0.15) is 5.26 Å². The molecule has 0 heterocycles. The fraction of sp³-hybridized carbons (Fsp3) is 0.0588. The van der Waals surface area contributed by atoms with Gasteiger partial charge in [0.2, 0.25) is 0 Å². The van der Waals surface area contributed by atoms with E-state index in [9.17, 15) is 30.3 Å². The van der Waals surface area contributed by atoms with E-state index in [0.29, 0.717) is 5.56 Å². The minimum Gasteiger partial charge on any atom is -0.496 e. The molecule has 136 valence electrons. The topological polar surface area (TPSA) is 148 Å². The van der Waals surface area contributed by atoms with Crippen LogP contribution in [-0.4, -0.2) is 22.9 Å². The molecular formula is C17H12N4O6.